The van der Waals surface area contributed by atoms with E-state index in [2.05, 4.69) is 6.92 Å². The molecule has 0 aromatic heterocycles. The second-order valence-electron chi connectivity index (χ2n) is 5.26. The van der Waals surface area contributed by atoms with Crippen LogP contribution >= 0.6 is 0 Å². The molecule has 0 atom stereocenters. The maximum Gasteiger partial charge on any atom is 0.0484 e. The van der Waals surface area contributed by atoms with Gasteiger partial charge in [0.05, 0.1) is 0 Å². The maximum absolute atomic E-state index is 9.34. The summed E-state index contributed by atoms with van der Waals surface area (Å²) in [6.45, 7) is 2.67. The standard InChI is InChI=1S/C11H20O/c1-11(8-12,6-9-2-3-9)7-10-4-5-10/h9-10,12H,2-8H2,1H3. The molecule has 70 valence electrons. The van der Waals surface area contributed by atoms with Crippen molar-refractivity contribution in [3.63, 3.8) is 0 Å². The van der Waals surface area contributed by atoms with Gasteiger partial charge in [-0.15, -0.1) is 0 Å². The fourth-order valence-electron chi connectivity index (χ4n) is 2.25. The summed E-state index contributed by atoms with van der Waals surface area (Å²) in [7, 11) is 0. The third kappa shape index (κ3) is 2.22. The van der Waals surface area contributed by atoms with Gasteiger partial charge in [0.2, 0.25) is 0 Å². The molecule has 0 aromatic carbocycles. The Morgan fingerprint density at radius 3 is 1.75 bits per heavy atom. The van der Waals surface area contributed by atoms with E-state index in [0.717, 1.165) is 11.8 Å². The minimum Gasteiger partial charge on any atom is -0.396 e. The monoisotopic (exact) mass is 168 g/mol. The topological polar surface area (TPSA) is 20.2 Å². The first-order valence-electron chi connectivity index (χ1n) is 5.33. The highest BCUT2D eigenvalue weighted by Crippen LogP contribution is 2.47. The van der Waals surface area contributed by atoms with Gasteiger partial charge in [-0.25, -0.2) is 0 Å². The Balaban J connectivity index is 1.81. The summed E-state index contributed by atoms with van der Waals surface area (Å²) in [6, 6.07) is 0. The zero-order valence-corrected chi connectivity index (χ0v) is 8.05. The van der Waals surface area contributed by atoms with Crippen molar-refractivity contribution in [3.05, 3.63) is 0 Å². The van der Waals surface area contributed by atoms with Crippen LogP contribution in [0, 0.1) is 17.3 Å². The van der Waals surface area contributed by atoms with Gasteiger partial charge in [0.1, 0.15) is 0 Å². The molecule has 0 aromatic rings. The van der Waals surface area contributed by atoms with E-state index in [0.29, 0.717) is 6.61 Å². The molecular weight excluding hydrogens is 148 g/mol. The van der Waals surface area contributed by atoms with Crippen LogP contribution in [0.4, 0.5) is 0 Å². The Bertz CT molecular complexity index is 142. The SMILES string of the molecule is CC(CO)(CC1CC1)CC1CC1. The molecule has 2 aliphatic carbocycles. The maximum atomic E-state index is 9.34. The summed E-state index contributed by atoms with van der Waals surface area (Å²) in [5, 5.41) is 9.34. The van der Waals surface area contributed by atoms with Crippen LogP contribution in [0.1, 0.15) is 45.4 Å². The summed E-state index contributed by atoms with van der Waals surface area (Å²) < 4.78 is 0. The van der Waals surface area contributed by atoms with E-state index in [9.17, 15) is 5.11 Å². The quantitative estimate of drug-likeness (QED) is 0.669. The zero-order chi connectivity index (χ0) is 8.60. The normalized spacial score (nSPS) is 24.5. The molecule has 2 aliphatic rings. The molecule has 2 fully saturated rings. The van der Waals surface area contributed by atoms with Gasteiger partial charge >= 0.3 is 0 Å². The van der Waals surface area contributed by atoms with Gasteiger partial charge in [-0.1, -0.05) is 32.6 Å². The first kappa shape index (κ1) is 8.55. The zero-order valence-electron chi connectivity index (χ0n) is 8.05. The Labute approximate surface area is 75.2 Å². The van der Waals surface area contributed by atoms with Crippen molar-refractivity contribution in [2.75, 3.05) is 6.61 Å². The second-order valence-corrected chi connectivity index (χ2v) is 5.26. The van der Waals surface area contributed by atoms with Crippen molar-refractivity contribution < 1.29 is 5.11 Å². The lowest BCUT2D eigenvalue weighted by molar-refractivity contribution is 0.111. The van der Waals surface area contributed by atoms with E-state index in [-0.39, 0.29) is 5.41 Å². The van der Waals surface area contributed by atoms with Gasteiger partial charge in [-0.2, -0.15) is 0 Å². The van der Waals surface area contributed by atoms with Crippen LogP contribution in [0.2, 0.25) is 0 Å². The summed E-state index contributed by atoms with van der Waals surface area (Å²) in [4.78, 5) is 0. The van der Waals surface area contributed by atoms with Crippen LogP contribution < -0.4 is 0 Å². The van der Waals surface area contributed by atoms with Gasteiger partial charge < -0.3 is 5.11 Å². The van der Waals surface area contributed by atoms with Crippen LogP contribution in [-0.4, -0.2) is 11.7 Å². The van der Waals surface area contributed by atoms with Crippen molar-refractivity contribution >= 4 is 0 Å². The highest BCUT2D eigenvalue weighted by molar-refractivity contribution is 4.88. The lowest BCUT2D eigenvalue weighted by Gasteiger charge is -2.27. The average molecular weight is 168 g/mol. The summed E-state index contributed by atoms with van der Waals surface area (Å²) in [5.41, 5.74) is 0.266. The summed E-state index contributed by atoms with van der Waals surface area (Å²) >= 11 is 0. The van der Waals surface area contributed by atoms with E-state index in [1.54, 1.807) is 0 Å². The van der Waals surface area contributed by atoms with Crippen LogP contribution in [0.5, 0.6) is 0 Å². The molecule has 0 heterocycles. The van der Waals surface area contributed by atoms with E-state index < -0.39 is 0 Å². The van der Waals surface area contributed by atoms with E-state index >= 15 is 0 Å². The molecule has 0 bridgehead atoms. The fraction of sp³-hybridized carbons (Fsp3) is 1.00. The second kappa shape index (κ2) is 3.02. The molecule has 1 nitrogen and oxygen atoms in total. The predicted octanol–water partition coefficient (Wildman–Crippen LogP) is 2.59. The van der Waals surface area contributed by atoms with Gasteiger partial charge in [-0.3, -0.25) is 0 Å². The van der Waals surface area contributed by atoms with Gasteiger partial charge in [0.15, 0.2) is 0 Å². The molecule has 0 radical (unpaired) electrons. The number of aliphatic hydroxyl groups excluding tert-OH is 1. The molecule has 12 heavy (non-hydrogen) atoms. The third-order valence-electron chi connectivity index (χ3n) is 3.34. The largest absolute Gasteiger partial charge is 0.396 e. The van der Waals surface area contributed by atoms with Crippen LogP contribution in [-0.2, 0) is 0 Å². The predicted molar refractivity (Wildman–Crippen MR) is 49.9 cm³/mol. The van der Waals surface area contributed by atoms with Crippen LogP contribution in [0.3, 0.4) is 0 Å². The van der Waals surface area contributed by atoms with Crippen molar-refractivity contribution in [1.82, 2.24) is 0 Å². The van der Waals surface area contributed by atoms with Crippen molar-refractivity contribution in [1.29, 1.82) is 0 Å². The Hall–Kier alpha value is -0.0400. The number of hydrogen-bond acceptors (Lipinski definition) is 1. The minimum atomic E-state index is 0.266. The van der Waals surface area contributed by atoms with Crippen molar-refractivity contribution in [3.8, 4) is 0 Å². The fourth-order valence-corrected chi connectivity index (χ4v) is 2.25. The molecule has 0 spiro atoms. The first-order valence-corrected chi connectivity index (χ1v) is 5.33. The molecule has 0 unspecified atom stereocenters. The molecule has 0 aliphatic heterocycles. The summed E-state index contributed by atoms with van der Waals surface area (Å²) in [6.07, 6.45) is 8.22. The molecule has 2 rings (SSSR count). The van der Waals surface area contributed by atoms with E-state index in [1.807, 2.05) is 0 Å². The average Bonchev–Trinajstić information content (AvgIpc) is 2.85. The third-order valence-corrected chi connectivity index (χ3v) is 3.34. The van der Waals surface area contributed by atoms with E-state index in [1.165, 1.54) is 38.5 Å². The van der Waals surface area contributed by atoms with Crippen LogP contribution in [0.15, 0.2) is 0 Å². The molecule has 2 saturated carbocycles. The molecular formula is C11H20O. The van der Waals surface area contributed by atoms with Crippen molar-refractivity contribution in [2.24, 2.45) is 17.3 Å². The molecule has 0 saturated heterocycles. The Morgan fingerprint density at radius 1 is 1.08 bits per heavy atom. The van der Waals surface area contributed by atoms with Crippen LogP contribution in [0.25, 0.3) is 0 Å². The van der Waals surface area contributed by atoms with Crippen molar-refractivity contribution in [2.45, 2.75) is 45.4 Å². The highest BCUT2D eigenvalue weighted by Gasteiger charge is 2.37. The Morgan fingerprint density at radius 2 is 1.50 bits per heavy atom. The highest BCUT2D eigenvalue weighted by atomic mass is 16.3. The van der Waals surface area contributed by atoms with Gasteiger partial charge in [-0.05, 0) is 30.1 Å². The van der Waals surface area contributed by atoms with E-state index in [4.69, 9.17) is 0 Å². The van der Waals surface area contributed by atoms with Gasteiger partial charge in [0.25, 0.3) is 0 Å². The number of rotatable bonds is 5. The Kier molecular flexibility index (Phi) is 2.16. The lowest BCUT2D eigenvalue weighted by atomic mass is 9.80. The smallest absolute Gasteiger partial charge is 0.0484 e. The summed E-state index contributed by atoms with van der Waals surface area (Å²) in [5.74, 6) is 1.92. The molecule has 0 amide bonds. The molecule has 1 heteroatoms. The van der Waals surface area contributed by atoms with Gasteiger partial charge in [0, 0.05) is 6.61 Å². The lowest BCUT2D eigenvalue weighted by Crippen LogP contribution is -2.22. The number of aliphatic hydroxyl groups is 1. The first-order chi connectivity index (χ1) is 5.72. The number of hydrogen-bond donors (Lipinski definition) is 1. The molecule has 1 N–H and O–H groups in total. The minimum absolute atomic E-state index is 0.266.